The number of hydrogen-bond donors (Lipinski definition) is 2. The van der Waals surface area contributed by atoms with Gasteiger partial charge in [-0.05, 0) is 25.5 Å². The highest BCUT2D eigenvalue weighted by atomic mass is 19.4. The zero-order valence-corrected chi connectivity index (χ0v) is 9.27. The Labute approximate surface area is 93.6 Å². The van der Waals surface area contributed by atoms with Crippen molar-refractivity contribution in [3.63, 3.8) is 0 Å². The highest BCUT2D eigenvalue weighted by molar-refractivity contribution is 5.22. The number of halogens is 3. The third-order valence-corrected chi connectivity index (χ3v) is 2.36. The topological polar surface area (TPSA) is 24.1 Å². The van der Waals surface area contributed by atoms with E-state index in [1.54, 1.807) is 6.08 Å². The first kappa shape index (κ1) is 13.1. The Morgan fingerprint density at radius 2 is 2.19 bits per heavy atom. The molecule has 0 spiro atoms. The maximum atomic E-state index is 12.3. The number of nitrogens with one attached hydrogen (secondary N) is 2. The number of rotatable bonds is 5. The van der Waals surface area contributed by atoms with Crippen LogP contribution in [0.25, 0.3) is 0 Å². The van der Waals surface area contributed by atoms with Crippen molar-refractivity contribution in [3.05, 3.63) is 23.9 Å². The minimum atomic E-state index is -4.13. The van der Waals surface area contributed by atoms with Gasteiger partial charge in [-0.25, -0.2) is 0 Å². The second-order valence-corrected chi connectivity index (χ2v) is 3.76. The molecule has 5 heteroatoms. The van der Waals surface area contributed by atoms with Crippen molar-refractivity contribution < 1.29 is 13.2 Å². The van der Waals surface area contributed by atoms with Gasteiger partial charge in [0.15, 0.2) is 0 Å². The smallest absolute Gasteiger partial charge is 0.373 e. The third kappa shape index (κ3) is 4.26. The molecule has 1 atom stereocenters. The van der Waals surface area contributed by atoms with E-state index in [9.17, 15) is 13.2 Å². The molecule has 0 aliphatic heterocycles. The van der Waals surface area contributed by atoms with Gasteiger partial charge in [0.2, 0.25) is 0 Å². The zero-order chi connectivity index (χ0) is 12.0. The van der Waals surface area contributed by atoms with Crippen LogP contribution in [0, 0.1) is 5.92 Å². The molecule has 0 heterocycles. The largest absolute Gasteiger partial charge is 0.395 e. The molecule has 0 fully saturated rings. The Bertz CT molecular complexity index is 269. The van der Waals surface area contributed by atoms with Crippen molar-refractivity contribution in [1.29, 1.82) is 0 Å². The highest BCUT2D eigenvalue weighted by Gasteiger charge is 2.37. The summed E-state index contributed by atoms with van der Waals surface area (Å²) in [6, 6.07) is 0. The molecule has 92 valence electrons. The molecule has 2 nitrogen and oxygen atoms in total. The van der Waals surface area contributed by atoms with Crippen molar-refractivity contribution in [2.75, 3.05) is 13.2 Å². The third-order valence-electron chi connectivity index (χ3n) is 2.36. The molecular formula is C11H17F3N2. The highest BCUT2D eigenvalue weighted by Crippen LogP contribution is 2.32. The van der Waals surface area contributed by atoms with Crippen molar-refractivity contribution in [3.8, 4) is 0 Å². The second-order valence-electron chi connectivity index (χ2n) is 3.76. The fourth-order valence-electron chi connectivity index (χ4n) is 1.42. The van der Waals surface area contributed by atoms with E-state index in [0.29, 0.717) is 6.67 Å². The summed E-state index contributed by atoms with van der Waals surface area (Å²) < 4.78 is 36.9. The summed E-state index contributed by atoms with van der Waals surface area (Å²) in [4.78, 5) is 0. The molecule has 0 aromatic rings. The lowest BCUT2D eigenvalue weighted by molar-refractivity contribution is -0.160. The van der Waals surface area contributed by atoms with Gasteiger partial charge >= 0.3 is 6.18 Å². The fourth-order valence-corrected chi connectivity index (χ4v) is 1.42. The van der Waals surface area contributed by atoms with Crippen LogP contribution >= 0.6 is 0 Å². The van der Waals surface area contributed by atoms with Crippen molar-refractivity contribution in [1.82, 2.24) is 10.6 Å². The first-order valence-corrected chi connectivity index (χ1v) is 5.43. The zero-order valence-electron chi connectivity index (χ0n) is 9.27. The van der Waals surface area contributed by atoms with Gasteiger partial charge in [-0.3, -0.25) is 0 Å². The van der Waals surface area contributed by atoms with Crippen LogP contribution in [0.2, 0.25) is 0 Å². The molecule has 0 radical (unpaired) electrons. The Balaban J connectivity index is 2.29. The Hall–Kier alpha value is -0.970. The molecular weight excluding hydrogens is 217 g/mol. The molecule has 0 saturated carbocycles. The van der Waals surface area contributed by atoms with Crippen LogP contribution in [-0.2, 0) is 0 Å². The number of alkyl halides is 3. The predicted molar refractivity (Wildman–Crippen MR) is 57.7 cm³/mol. The molecule has 0 aromatic heterocycles. The van der Waals surface area contributed by atoms with Crippen LogP contribution in [0.4, 0.5) is 13.2 Å². The molecule has 1 rings (SSSR count). The molecule has 1 unspecified atom stereocenters. The molecule has 0 saturated heterocycles. The Morgan fingerprint density at radius 3 is 2.69 bits per heavy atom. The lowest BCUT2D eigenvalue weighted by atomic mass is 9.99. The Morgan fingerprint density at radius 1 is 1.44 bits per heavy atom. The molecule has 0 bridgehead atoms. The monoisotopic (exact) mass is 234 g/mol. The summed E-state index contributed by atoms with van der Waals surface area (Å²) in [5.41, 5.74) is 0.754. The predicted octanol–water partition coefficient (Wildman–Crippen LogP) is 2.56. The van der Waals surface area contributed by atoms with Gasteiger partial charge in [-0.2, -0.15) is 13.2 Å². The minimum Gasteiger partial charge on any atom is -0.373 e. The van der Waals surface area contributed by atoms with E-state index in [1.807, 2.05) is 0 Å². The van der Waals surface area contributed by atoms with Crippen molar-refractivity contribution in [2.24, 2.45) is 5.92 Å². The summed E-state index contributed by atoms with van der Waals surface area (Å²) in [5.74, 6) is -1.33. The molecule has 1 aliphatic carbocycles. The molecule has 1 aliphatic rings. The number of allylic oxidation sites excluding steroid dienone is 3. The van der Waals surface area contributed by atoms with E-state index in [2.05, 4.69) is 17.6 Å². The van der Waals surface area contributed by atoms with E-state index in [-0.39, 0.29) is 6.42 Å². The second kappa shape index (κ2) is 5.94. The first-order valence-electron chi connectivity index (χ1n) is 5.43. The fraction of sp³-hybridized carbons (Fsp3) is 0.636. The SMILES string of the molecule is CCCNCNC1=CCC(C(F)(F)F)C=C1. The van der Waals surface area contributed by atoms with Crippen LogP contribution in [-0.4, -0.2) is 19.4 Å². The van der Waals surface area contributed by atoms with E-state index in [0.717, 1.165) is 18.7 Å². The van der Waals surface area contributed by atoms with Crippen LogP contribution in [0.1, 0.15) is 19.8 Å². The van der Waals surface area contributed by atoms with Gasteiger partial charge in [-0.15, -0.1) is 0 Å². The normalized spacial score (nSPS) is 20.8. The molecule has 16 heavy (non-hydrogen) atoms. The van der Waals surface area contributed by atoms with Crippen molar-refractivity contribution >= 4 is 0 Å². The summed E-state index contributed by atoms with van der Waals surface area (Å²) in [7, 11) is 0. The maximum Gasteiger partial charge on any atom is 0.395 e. The summed E-state index contributed by atoms with van der Waals surface area (Å²) in [5, 5.41) is 6.14. The van der Waals surface area contributed by atoms with Gasteiger partial charge in [0, 0.05) is 5.70 Å². The minimum absolute atomic E-state index is 0.0239. The summed E-state index contributed by atoms with van der Waals surface area (Å²) in [6.07, 6.45) is 1.23. The molecule has 0 aromatic carbocycles. The van der Waals surface area contributed by atoms with Gasteiger partial charge in [0.25, 0.3) is 0 Å². The summed E-state index contributed by atoms with van der Waals surface area (Å²) in [6.45, 7) is 3.54. The standard InChI is InChI=1S/C11H17F3N2/c1-2-7-15-8-16-10-5-3-9(4-6-10)11(12,13)14/h3,5-6,9,15-16H,2,4,7-8H2,1H3. The number of hydrogen-bond acceptors (Lipinski definition) is 2. The van der Waals surface area contributed by atoms with Gasteiger partial charge in [0.1, 0.15) is 0 Å². The van der Waals surface area contributed by atoms with Crippen LogP contribution < -0.4 is 10.6 Å². The maximum absolute atomic E-state index is 12.3. The van der Waals surface area contributed by atoms with Gasteiger partial charge in [-0.1, -0.05) is 19.1 Å². The lowest BCUT2D eigenvalue weighted by Gasteiger charge is -2.19. The molecule has 2 N–H and O–H groups in total. The quantitative estimate of drug-likeness (QED) is 0.564. The van der Waals surface area contributed by atoms with Gasteiger partial charge in [0.05, 0.1) is 12.6 Å². The average molecular weight is 234 g/mol. The van der Waals surface area contributed by atoms with E-state index in [1.165, 1.54) is 12.2 Å². The molecule has 0 amide bonds. The Kier molecular flexibility index (Phi) is 4.86. The van der Waals surface area contributed by atoms with E-state index >= 15 is 0 Å². The average Bonchev–Trinajstić information content (AvgIpc) is 2.24. The first-order chi connectivity index (χ1) is 7.54. The van der Waals surface area contributed by atoms with Crippen LogP contribution in [0.5, 0.6) is 0 Å². The lowest BCUT2D eigenvalue weighted by Crippen LogP contribution is -2.30. The van der Waals surface area contributed by atoms with Crippen molar-refractivity contribution in [2.45, 2.75) is 25.9 Å². The van der Waals surface area contributed by atoms with E-state index < -0.39 is 12.1 Å². The van der Waals surface area contributed by atoms with E-state index in [4.69, 9.17) is 0 Å². The van der Waals surface area contributed by atoms with Crippen LogP contribution in [0.3, 0.4) is 0 Å². The van der Waals surface area contributed by atoms with Crippen LogP contribution in [0.15, 0.2) is 23.9 Å². The van der Waals surface area contributed by atoms with Gasteiger partial charge < -0.3 is 10.6 Å². The summed E-state index contributed by atoms with van der Waals surface area (Å²) >= 11 is 0.